The topological polar surface area (TPSA) is 24.9 Å². The number of hydrogen-bond donors (Lipinski definition) is 1. The number of hydrogen-bond acceptors (Lipinski definition) is 2. The third-order valence-electron chi connectivity index (χ3n) is 1.62. The fourth-order valence-electron chi connectivity index (χ4n) is 1.14. The van der Waals surface area contributed by atoms with Crippen molar-refractivity contribution in [1.82, 2.24) is 4.98 Å². The van der Waals surface area contributed by atoms with Crippen LogP contribution in [0.5, 0.6) is 0 Å². The molecule has 3 heteroatoms. The molecule has 1 atom stereocenters. The van der Waals surface area contributed by atoms with Crippen LogP contribution in [-0.2, 0) is 6.42 Å². The molecular formula is C7H7IN2. The van der Waals surface area contributed by atoms with Crippen molar-refractivity contribution in [2.45, 2.75) is 10.5 Å². The summed E-state index contributed by atoms with van der Waals surface area (Å²) >= 11 is 2.39. The normalized spacial score (nSPS) is 21.9. The van der Waals surface area contributed by atoms with E-state index in [0.717, 1.165) is 6.42 Å². The molecule has 0 radical (unpaired) electrons. The predicted octanol–water partition coefficient (Wildman–Crippen LogP) is 1.81. The van der Waals surface area contributed by atoms with E-state index < -0.39 is 0 Å². The van der Waals surface area contributed by atoms with Crippen LogP contribution >= 0.6 is 22.6 Å². The highest BCUT2D eigenvalue weighted by atomic mass is 127. The van der Waals surface area contributed by atoms with Crippen LogP contribution in [0.1, 0.15) is 5.56 Å². The summed E-state index contributed by atoms with van der Waals surface area (Å²) in [5.41, 5.74) is 2.58. The quantitative estimate of drug-likeness (QED) is 0.429. The molecule has 1 aliphatic heterocycles. The van der Waals surface area contributed by atoms with Crippen LogP contribution in [0.25, 0.3) is 0 Å². The molecule has 1 N–H and O–H groups in total. The van der Waals surface area contributed by atoms with Crippen molar-refractivity contribution in [3.63, 3.8) is 0 Å². The number of nitrogens with zero attached hydrogens (tertiary/aromatic N) is 1. The fourth-order valence-corrected chi connectivity index (χ4v) is 1.95. The summed E-state index contributed by atoms with van der Waals surface area (Å²) in [4.78, 5) is 4.02. The molecule has 0 bridgehead atoms. The zero-order valence-corrected chi connectivity index (χ0v) is 7.50. The summed E-state index contributed by atoms with van der Waals surface area (Å²) in [5.74, 6) is 0. The van der Waals surface area contributed by atoms with E-state index in [1.165, 1.54) is 11.3 Å². The molecule has 2 rings (SSSR count). The van der Waals surface area contributed by atoms with Gasteiger partial charge in [-0.25, -0.2) is 0 Å². The first-order chi connectivity index (χ1) is 4.86. The van der Waals surface area contributed by atoms with Gasteiger partial charge < -0.3 is 5.32 Å². The van der Waals surface area contributed by atoms with E-state index in [2.05, 4.69) is 39.0 Å². The highest BCUT2D eigenvalue weighted by Crippen LogP contribution is 2.26. The zero-order chi connectivity index (χ0) is 6.97. The van der Waals surface area contributed by atoms with Gasteiger partial charge in [0.2, 0.25) is 0 Å². The average Bonchev–Trinajstić information content (AvgIpc) is 2.27. The van der Waals surface area contributed by atoms with Gasteiger partial charge in [0.1, 0.15) is 0 Å². The van der Waals surface area contributed by atoms with Gasteiger partial charge in [0.05, 0.1) is 15.9 Å². The Morgan fingerprint density at radius 2 is 2.60 bits per heavy atom. The van der Waals surface area contributed by atoms with Crippen LogP contribution < -0.4 is 5.32 Å². The van der Waals surface area contributed by atoms with Crippen molar-refractivity contribution in [3.05, 3.63) is 24.0 Å². The first-order valence-corrected chi connectivity index (χ1v) is 4.44. The minimum atomic E-state index is 0.553. The molecule has 1 aliphatic rings. The molecule has 2 heterocycles. The Hall–Kier alpha value is -0.320. The largest absolute Gasteiger partial charge is 0.372 e. The van der Waals surface area contributed by atoms with E-state index in [1.807, 2.05) is 12.4 Å². The second kappa shape index (κ2) is 2.38. The Bertz CT molecular complexity index is 224. The van der Waals surface area contributed by atoms with E-state index in [-0.39, 0.29) is 0 Å². The highest BCUT2D eigenvalue weighted by molar-refractivity contribution is 14.1. The van der Waals surface area contributed by atoms with Crippen molar-refractivity contribution >= 4 is 28.3 Å². The van der Waals surface area contributed by atoms with Gasteiger partial charge >= 0.3 is 0 Å². The molecule has 0 aliphatic carbocycles. The number of rotatable bonds is 0. The number of alkyl halides is 1. The molecule has 0 amide bonds. The first kappa shape index (κ1) is 6.39. The Morgan fingerprint density at radius 3 is 3.40 bits per heavy atom. The van der Waals surface area contributed by atoms with Crippen molar-refractivity contribution < 1.29 is 0 Å². The molecule has 2 nitrogen and oxygen atoms in total. The van der Waals surface area contributed by atoms with Gasteiger partial charge in [0.25, 0.3) is 0 Å². The summed E-state index contributed by atoms with van der Waals surface area (Å²) < 4.78 is 0.553. The number of aromatic nitrogens is 1. The van der Waals surface area contributed by atoms with Gasteiger partial charge in [-0.2, -0.15) is 0 Å². The summed E-state index contributed by atoms with van der Waals surface area (Å²) in [6.07, 6.45) is 4.85. The third kappa shape index (κ3) is 0.982. The highest BCUT2D eigenvalue weighted by Gasteiger charge is 2.16. The van der Waals surface area contributed by atoms with E-state index in [4.69, 9.17) is 0 Å². The van der Waals surface area contributed by atoms with Crippen molar-refractivity contribution in [1.29, 1.82) is 0 Å². The molecule has 52 valence electrons. The Kier molecular flexibility index (Phi) is 1.52. The molecule has 1 aromatic heterocycles. The second-order valence-electron chi connectivity index (χ2n) is 2.35. The molecule has 0 saturated heterocycles. The van der Waals surface area contributed by atoms with E-state index in [0.29, 0.717) is 4.05 Å². The van der Waals surface area contributed by atoms with Gasteiger partial charge in [-0.3, -0.25) is 4.98 Å². The smallest absolute Gasteiger partial charge is 0.0823 e. The van der Waals surface area contributed by atoms with E-state index >= 15 is 0 Å². The number of halogens is 1. The fraction of sp³-hybridized carbons (Fsp3) is 0.286. The lowest BCUT2D eigenvalue weighted by atomic mass is 10.2. The minimum absolute atomic E-state index is 0.553. The van der Waals surface area contributed by atoms with Gasteiger partial charge in [-0.05, 0) is 11.6 Å². The first-order valence-electron chi connectivity index (χ1n) is 3.20. The summed E-state index contributed by atoms with van der Waals surface area (Å²) in [7, 11) is 0. The minimum Gasteiger partial charge on any atom is -0.372 e. The molecule has 1 unspecified atom stereocenters. The van der Waals surface area contributed by atoms with Gasteiger partial charge in [-0.1, -0.05) is 22.6 Å². The van der Waals surface area contributed by atoms with Crippen LogP contribution in [0.2, 0.25) is 0 Å². The predicted molar refractivity (Wildman–Crippen MR) is 49.4 cm³/mol. The molecule has 0 aromatic carbocycles. The molecule has 0 saturated carbocycles. The zero-order valence-electron chi connectivity index (χ0n) is 5.34. The van der Waals surface area contributed by atoms with E-state index in [9.17, 15) is 0 Å². The monoisotopic (exact) mass is 246 g/mol. The number of fused-ring (bicyclic) bond motifs is 1. The molecule has 0 fully saturated rings. The number of pyridine rings is 1. The third-order valence-corrected chi connectivity index (χ3v) is 2.37. The van der Waals surface area contributed by atoms with Gasteiger partial charge in [-0.15, -0.1) is 0 Å². The van der Waals surface area contributed by atoms with Gasteiger partial charge in [0.15, 0.2) is 0 Å². The summed E-state index contributed by atoms with van der Waals surface area (Å²) in [6, 6.07) is 2.07. The standard InChI is InChI=1S/C7H7IN2/c8-7-3-5-1-2-9-4-6(5)10-7/h1-2,4,7,10H,3H2. The average molecular weight is 246 g/mol. The van der Waals surface area contributed by atoms with Gasteiger partial charge in [0, 0.05) is 12.6 Å². The maximum atomic E-state index is 4.02. The SMILES string of the molecule is IC1Cc2ccncc2N1. The Balaban J connectivity index is 2.42. The molecule has 0 spiro atoms. The van der Waals surface area contributed by atoms with E-state index in [1.54, 1.807) is 0 Å². The van der Waals surface area contributed by atoms with Crippen molar-refractivity contribution in [2.75, 3.05) is 5.32 Å². The van der Waals surface area contributed by atoms with Crippen molar-refractivity contribution in [3.8, 4) is 0 Å². The lowest BCUT2D eigenvalue weighted by Crippen LogP contribution is -2.03. The maximum absolute atomic E-state index is 4.02. The maximum Gasteiger partial charge on any atom is 0.0823 e. The Labute approximate surface area is 73.2 Å². The molecule has 1 aromatic rings. The van der Waals surface area contributed by atoms with Crippen LogP contribution in [0.3, 0.4) is 0 Å². The summed E-state index contributed by atoms with van der Waals surface area (Å²) in [5, 5.41) is 3.32. The second-order valence-corrected chi connectivity index (χ2v) is 3.85. The number of nitrogens with one attached hydrogen (secondary N) is 1. The molecule has 10 heavy (non-hydrogen) atoms. The van der Waals surface area contributed by atoms with Crippen LogP contribution in [0.4, 0.5) is 5.69 Å². The van der Waals surface area contributed by atoms with Crippen LogP contribution in [-0.4, -0.2) is 9.03 Å². The summed E-state index contributed by atoms with van der Waals surface area (Å²) in [6.45, 7) is 0. The lowest BCUT2D eigenvalue weighted by molar-refractivity contribution is 1.07. The van der Waals surface area contributed by atoms with Crippen LogP contribution in [0.15, 0.2) is 18.5 Å². The lowest BCUT2D eigenvalue weighted by Gasteiger charge is -1.98. The van der Waals surface area contributed by atoms with Crippen LogP contribution in [0, 0.1) is 0 Å². The van der Waals surface area contributed by atoms with Crippen molar-refractivity contribution in [2.24, 2.45) is 0 Å². The Morgan fingerprint density at radius 1 is 1.70 bits per heavy atom. The molecular weight excluding hydrogens is 239 g/mol. The number of anilines is 1.